The zero-order chi connectivity index (χ0) is 18.0. The Balaban J connectivity index is 1.67. The molecule has 2 atom stereocenters. The second-order valence-corrected chi connectivity index (χ2v) is 6.39. The molecule has 0 spiro atoms. The summed E-state index contributed by atoms with van der Waals surface area (Å²) in [6.07, 6.45) is 3.93. The molecule has 0 saturated carbocycles. The maximum atomic E-state index is 14.1. The second-order valence-electron chi connectivity index (χ2n) is 6.39. The molecule has 1 N–H and O–H groups in total. The van der Waals surface area contributed by atoms with Gasteiger partial charge in [0.1, 0.15) is 17.5 Å². The molecule has 2 heterocycles. The van der Waals surface area contributed by atoms with Crippen LogP contribution in [-0.2, 0) is 11.3 Å². The van der Waals surface area contributed by atoms with Crippen LogP contribution in [0.1, 0.15) is 36.7 Å². The van der Waals surface area contributed by atoms with Gasteiger partial charge in [0.05, 0.1) is 12.1 Å². The van der Waals surface area contributed by atoms with Gasteiger partial charge < -0.3 is 14.6 Å². The molecule has 1 aromatic heterocycles. The van der Waals surface area contributed by atoms with Crippen LogP contribution in [0, 0.1) is 18.6 Å². The Morgan fingerprint density at radius 3 is 2.92 bits per heavy atom. The first-order valence-electron chi connectivity index (χ1n) is 8.36. The van der Waals surface area contributed by atoms with E-state index in [1.807, 2.05) is 17.7 Å². The average molecular weight is 349 g/mol. The third-order valence-corrected chi connectivity index (χ3v) is 4.63. The fourth-order valence-electron chi connectivity index (χ4n) is 3.34. The maximum Gasteiger partial charge on any atom is 0.223 e. The summed E-state index contributed by atoms with van der Waals surface area (Å²) in [5, 5.41) is 9.93. The molecule has 7 heteroatoms. The Morgan fingerprint density at radius 1 is 1.40 bits per heavy atom. The van der Waals surface area contributed by atoms with Gasteiger partial charge in [0.15, 0.2) is 0 Å². The van der Waals surface area contributed by atoms with Crippen molar-refractivity contribution in [2.75, 3.05) is 6.54 Å². The number of carbonyl (C=O) groups is 1. The minimum Gasteiger partial charge on any atom is -0.391 e. The van der Waals surface area contributed by atoms with Crippen molar-refractivity contribution >= 4 is 5.91 Å². The molecule has 25 heavy (non-hydrogen) atoms. The van der Waals surface area contributed by atoms with E-state index < -0.39 is 23.8 Å². The monoisotopic (exact) mass is 349 g/mol. The van der Waals surface area contributed by atoms with Gasteiger partial charge in [-0.15, -0.1) is 0 Å². The SMILES string of the molecule is Cc1nccn1CCCC(=O)N1CC(O)CC1c1cc(F)ccc1F. The van der Waals surface area contributed by atoms with Crippen LogP contribution in [0.25, 0.3) is 0 Å². The first-order valence-corrected chi connectivity index (χ1v) is 8.36. The third kappa shape index (κ3) is 3.87. The lowest BCUT2D eigenvalue weighted by atomic mass is 10.0. The minimum atomic E-state index is -0.729. The molecule has 0 bridgehead atoms. The van der Waals surface area contributed by atoms with Gasteiger partial charge in [-0.05, 0) is 38.0 Å². The molecule has 0 radical (unpaired) electrons. The van der Waals surface area contributed by atoms with Gasteiger partial charge in [0.25, 0.3) is 0 Å². The van der Waals surface area contributed by atoms with Gasteiger partial charge in [-0.3, -0.25) is 4.79 Å². The largest absolute Gasteiger partial charge is 0.391 e. The van der Waals surface area contributed by atoms with Gasteiger partial charge in [0, 0.05) is 37.5 Å². The van der Waals surface area contributed by atoms with Crippen molar-refractivity contribution in [3.63, 3.8) is 0 Å². The third-order valence-electron chi connectivity index (χ3n) is 4.63. The highest BCUT2D eigenvalue weighted by Crippen LogP contribution is 2.34. The Labute approximate surface area is 144 Å². The van der Waals surface area contributed by atoms with Crippen molar-refractivity contribution in [2.45, 2.75) is 44.9 Å². The highest BCUT2D eigenvalue weighted by atomic mass is 19.1. The quantitative estimate of drug-likeness (QED) is 0.903. The molecule has 1 aliphatic rings. The smallest absolute Gasteiger partial charge is 0.223 e. The molecule has 134 valence electrons. The molecule has 5 nitrogen and oxygen atoms in total. The lowest BCUT2D eigenvalue weighted by molar-refractivity contribution is -0.132. The van der Waals surface area contributed by atoms with Crippen molar-refractivity contribution in [1.82, 2.24) is 14.5 Å². The standard InChI is InChI=1S/C18H21F2N3O2/c1-12-21-6-8-22(12)7-2-3-18(25)23-11-14(24)10-17(23)15-9-13(19)4-5-16(15)20/h4-6,8-9,14,17,24H,2-3,7,10-11H2,1H3. The molecule has 1 amide bonds. The highest BCUT2D eigenvalue weighted by molar-refractivity contribution is 5.77. The van der Waals surface area contributed by atoms with Gasteiger partial charge in [0.2, 0.25) is 5.91 Å². The van der Waals surface area contributed by atoms with Crippen molar-refractivity contribution in [3.05, 3.63) is 53.6 Å². The molecule has 1 aromatic carbocycles. The summed E-state index contributed by atoms with van der Waals surface area (Å²) in [5.41, 5.74) is 0.121. The Bertz CT molecular complexity index is 763. The number of imidazole rings is 1. The number of benzene rings is 1. The van der Waals surface area contributed by atoms with Crippen LogP contribution < -0.4 is 0 Å². The number of nitrogens with zero attached hydrogens (tertiary/aromatic N) is 3. The number of amides is 1. The molecule has 1 fully saturated rings. The Hall–Kier alpha value is -2.28. The summed E-state index contributed by atoms with van der Waals surface area (Å²) >= 11 is 0. The predicted octanol–water partition coefficient (Wildman–Crippen LogP) is 2.58. The van der Waals surface area contributed by atoms with Crippen LogP contribution in [0.3, 0.4) is 0 Å². The number of aromatic nitrogens is 2. The van der Waals surface area contributed by atoms with Crippen LogP contribution in [0.5, 0.6) is 0 Å². The lowest BCUT2D eigenvalue weighted by Crippen LogP contribution is -2.32. The summed E-state index contributed by atoms with van der Waals surface area (Å²) in [6.45, 7) is 2.69. The van der Waals surface area contributed by atoms with E-state index in [-0.39, 0.29) is 30.9 Å². The maximum absolute atomic E-state index is 14.1. The van der Waals surface area contributed by atoms with E-state index >= 15 is 0 Å². The Morgan fingerprint density at radius 2 is 2.20 bits per heavy atom. The van der Waals surface area contributed by atoms with E-state index in [2.05, 4.69) is 4.98 Å². The molecule has 0 aliphatic carbocycles. The normalized spacial score (nSPS) is 20.2. The summed E-state index contributed by atoms with van der Waals surface area (Å²) in [5.74, 6) is -0.403. The molecular weight excluding hydrogens is 328 g/mol. The molecule has 2 aromatic rings. The number of rotatable bonds is 5. The van der Waals surface area contributed by atoms with Crippen LogP contribution >= 0.6 is 0 Å². The van der Waals surface area contributed by atoms with Gasteiger partial charge in [-0.1, -0.05) is 0 Å². The zero-order valence-corrected chi connectivity index (χ0v) is 14.0. The number of hydrogen-bond acceptors (Lipinski definition) is 3. The Kier molecular flexibility index (Phi) is 5.13. The number of aliphatic hydroxyl groups is 1. The van der Waals surface area contributed by atoms with E-state index in [0.717, 1.165) is 24.0 Å². The fourth-order valence-corrected chi connectivity index (χ4v) is 3.34. The van der Waals surface area contributed by atoms with E-state index in [0.29, 0.717) is 13.0 Å². The van der Waals surface area contributed by atoms with Gasteiger partial charge in [-0.25, -0.2) is 13.8 Å². The first kappa shape index (κ1) is 17.5. The van der Waals surface area contributed by atoms with Crippen LogP contribution in [-0.4, -0.2) is 38.1 Å². The summed E-state index contributed by atoms with van der Waals surface area (Å²) in [4.78, 5) is 18.1. The number of aliphatic hydroxyl groups excluding tert-OH is 1. The van der Waals surface area contributed by atoms with Crippen LogP contribution in [0.15, 0.2) is 30.6 Å². The number of aryl methyl sites for hydroxylation is 2. The van der Waals surface area contributed by atoms with Gasteiger partial charge in [-0.2, -0.15) is 0 Å². The van der Waals surface area contributed by atoms with Gasteiger partial charge >= 0.3 is 0 Å². The molecule has 1 aliphatic heterocycles. The van der Waals surface area contributed by atoms with Crippen molar-refractivity contribution in [1.29, 1.82) is 0 Å². The summed E-state index contributed by atoms with van der Waals surface area (Å²) in [7, 11) is 0. The van der Waals surface area contributed by atoms with Crippen molar-refractivity contribution in [2.24, 2.45) is 0 Å². The fraction of sp³-hybridized carbons (Fsp3) is 0.444. The first-order chi connectivity index (χ1) is 12.0. The highest BCUT2D eigenvalue weighted by Gasteiger charge is 2.36. The van der Waals surface area contributed by atoms with E-state index in [1.165, 1.54) is 4.90 Å². The predicted molar refractivity (Wildman–Crippen MR) is 87.6 cm³/mol. The second kappa shape index (κ2) is 7.31. The average Bonchev–Trinajstić information content (AvgIpc) is 3.15. The van der Waals surface area contributed by atoms with E-state index in [4.69, 9.17) is 0 Å². The van der Waals surface area contributed by atoms with E-state index in [1.54, 1.807) is 6.20 Å². The topological polar surface area (TPSA) is 58.4 Å². The number of β-amino-alcohol motifs (C(OH)–C–C–N with tert-alkyl or cyclic N) is 1. The molecule has 1 saturated heterocycles. The van der Waals surface area contributed by atoms with Crippen molar-refractivity contribution < 1.29 is 18.7 Å². The van der Waals surface area contributed by atoms with Crippen molar-refractivity contribution in [3.8, 4) is 0 Å². The number of hydrogen-bond donors (Lipinski definition) is 1. The summed E-state index contributed by atoms with van der Waals surface area (Å²) < 4.78 is 29.5. The zero-order valence-electron chi connectivity index (χ0n) is 14.0. The minimum absolute atomic E-state index is 0.121. The lowest BCUT2D eigenvalue weighted by Gasteiger charge is -2.25. The number of carbonyl (C=O) groups excluding carboxylic acids is 1. The van der Waals surface area contributed by atoms with Crippen LogP contribution in [0.2, 0.25) is 0 Å². The molecule has 2 unspecified atom stereocenters. The van der Waals surface area contributed by atoms with Crippen LogP contribution in [0.4, 0.5) is 8.78 Å². The number of likely N-dealkylation sites (tertiary alicyclic amines) is 1. The summed E-state index contributed by atoms with van der Waals surface area (Å²) in [6, 6.07) is 2.57. The number of halogens is 2. The molecular formula is C18H21F2N3O2. The van der Waals surface area contributed by atoms with E-state index in [9.17, 15) is 18.7 Å². The molecule has 3 rings (SSSR count).